The number of aromatic amines is 1. The number of thiophene rings is 1. The standard InChI is InChI=1S/C16H18F2N6OS.C2HF3O2/c1-2-23-7-12(6-20-23)11-3-13(26-9-11)8-24-14(21-22-16(24)25)4-10(5-19)15(17)18;3-2(4,5)1(6)7/h3,6-7,9H,2,4-5,8,19H2,1H3,(H,22,25);(H,6,7). The van der Waals surface area contributed by atoms with E-state index in [0.717, 1.165) is 22.5 Å². The first kappa shape index (κ1) is 25.9. The fraction of sp³-hybridized carbons (Fsp3) is 0.333. The maximum Gasteiger partial charge on any atom is 0.490 e. The Morgan fingerprint density at radius 1 is 1.30 bits per heavy atom. The molecule has 3 rings (SSSR count). The molecule has 9 nitrogen and oxygen atoms in total. The van der Waals surface area contributed by atoms with Crippen molar-refractivity contribution in [2.75, 3.05) is 6.54 Å². The van der Waals surface area contributed by atoms with Gasteiger partial charge < -0.3 is 10.8 Å². The monoisotopic (exact) mass is 494 g/mol. The highest BCUT2D eigenvalue weighted by molar-refractivity contribution is 7.10. The molecule has 3 aromatic rings. The number of nitrogens with two attached hydrogens (primary N) is 1. The van der Waals surface area contributed by atoms with Crippen LogP contribution >= 0.6 is 11.3 Å². The van der Waals surface area contributed by atoms with Gasteiger partial charge in [0, 0.05) is 41.7 Å². The highest BCUT2D eigenvalue weighted by atomic mass is 32.1. The Morgan fingerprint density at radius 2 is 1.97 bits per heavy atom. The number of aromatic nitrogens is 5. The molecule has 0 aliphatic carbocycles. The van der Waals surface area contributed by atoms with Crippen molar-refractivity contribution in [3.63, 3.8) is 0 Å². The first-order valence-electron chi connectivity index (χ1n) is 9.23. The molecule has 0 aromatic carbocycles. The van der Waals surface area contributed by atoms with E-state index in [0.29, 0.717) is 0 Å². The SMILES string of the molecule is CCn1cc(-c2csc(Cn3c(CC(CN)=C(F)F)n[nH]c3=O)c2)cn1.O=C(O)C(F)(F)F. The van der Waals surface area contributed by atoms with E-state index in [9.17, 15) is 26.7 Å². The highest BCUT2D eigenvalue weighted by Gasteiger charge is 2.38. The Morgan fingerprint density at radius 3 is 2.48 bits per heavy atom. The van der Waals surface area contributed by atoms with Gasteiger partial charge >= 0.3 is 17.8 Å². The first-order chi connectivity index (χ1) is 15.5. The van der Waals surface area contributed by atoms with Gasteiger partial charge in [-0.25, -0.2) is 14.7 Å². The van der Waals surface area contributed by atoms with Crippen molar-refractivity contribution in [1.29, 1.82) is 0 Å². The number of aryl methyl sites for hydroxylation is 1. The number of alkyl halides is 3. The molecule has 0 radical (unpaired) electrons. The van der Waals surface area contributed by atoms with Gasteiger partial charge in [0.05, 0.1) is 12.7 Å². The van der Waals surface area contributed by atoms with E-state index in [1.807, 2.05) is 29.2 Å². The molecule has 0 bridgehead atoms. The molecule has 0 aliphatic rings. The third kappa shape index (κ3) is 7.08. The zero-order valence-electron chi connectivity index (χ0n) is 17.1. The van der Waals surface area contributed by atoms with E-state index < -0.39 is 23.9 Å². The molecule has 0 spiro atoms. The molecule has 0 unspecified atom stereocenters. The van der Waals surface area contributed by atoms with E-state index in [2.05, 4.69) is 15.3 Å². The second-order valence-electron chi connectivity index (χ2n) is 6.47. The number of H-pyrrole nitrogens is 1. The predicted octanol–water partition coefficient (Wildman–Crippen LogP) is 2.85. The third-order valence-electron chi connectivity index (χ3n) is 4.22. The number of carbonyl (C=O) groups is 1. The topological polar surface area (TPSA) is 132 Å². The molecule has 33 heavy (non-hydrogen) atoms. The van der Waals surface area contributed by atoms with E-state index >= 15 is 0 Å². The van der Waals surface area contributed by atoms with Crippen molar-refractivity contribution >= 4 is 17.3 Å². The Hall–Kier alpha value is -3.33. The van der Waals surface area contributed by atoms with Gasteiger partial charge in [-0.05, 0) is 23.9 Å². The molecule has 0 fully saturated rings. The summed E-state index contributed by atoms with van der Waals surface area (Å²) in [4.78, 5) is 21.8. The second kappa shape index (κ2) is 11.0. The lowest BCUT2D eigenvalue weighted by Crippen LogP contribution is -2.21. The van der Waals surface area contributed by atoms with Crippen LogP contribution in [-0.4, -0.2) is 48.3 Å². The summed E-state index contributed by atoms with van der Waals surface area (Å²) in [5.41, 5.74) is 6.66. The fourth-order valence-corrected chi connectivity index (χ4v) is 3.39. The van der Waals surface area contributed by atoms with Crippen LogP contribution in [0.2, 0.25) is 0 Å². The third-order valence-corrected chi connectivity index (χ3v) is 5.14. The molecule has 0 saturated heterocycles. The molecule has 0 aliphatic heterocycles. The van der Waals surface area contributed by atoms with Crippen molar-refractivity contribution in [2.24, 2.45) is 5.73 Å². The van der Waals surface area contributed by atoms with Gasteiger partial charge in [-0.1, -0.05) is 0 Å². The highest BCUT2D eigenvalue weighted by Crippen LogP contribution is 2.26. The van der Waals surface area contributed by atoms with Crippen LogP contribution < -0.4 is 11.4 Å². The maximum atomic E-state index is 12.8. The Kier molecular flexibility index (Phi) is 8.64. The van der Waals surface area contributed by atoms with E-state index in [-0.39, 0.29) is 30.9 Å². The quantitative estimate of drug-likeness (QED) is 0.433. The van der Waals surface area contributed by atoms with Crippen LogP contribution in [0.25, 0.3) is 11.1 Å². The Labute approximate surface area is 187 Å². The molecule has 15 heteroatoms. The van der Waals surface area contributed by atoms with Gasteiger partial charge in [0.1, 0.15) is 5.82 Å². The van der Waals surface area contributed by atoms with Crippen molar-refractivity contribution in [3.05, 3.63) is 56.7 Å². The number of aliphatic carboxylic acids is 1. The molecule has 0 saturated carbocycles. The largest absolute Gasteiger partial charge is 0.490 e. The van der Waals surface area contributed by atoms with Gasteiger partial charge in [0.25, 0.3) is 6.08 Å². The molecule has 0 amide bonds. The van der Waals surface area contributed by atoms with Crippen LogP contribution in [0.5, 0.6) is 0 Å². The normalized spacial score (nSPS) is 11.1. The van der Waals surface area contributed by atoms with Crippen LogP contribution in [0.3, 0.4) is 0 Å². The molecule has 4 N–H and O–H groups in total. The van der Waals surface area contributed by atoms with Gasteiger partial charge in [-0.15, -0.1) is 11.3 Å². The lowest BCUT2D eigenvalue weighted by molar-refractivity contribution is -0.192. The van der Waals surface area contributed by atoms with Gasteiger partial charge in [-0.3, -0.25) is 9.25 Å². The minimum atomic E-state index is -5.08. The average molecular weight is 494 g/mol. The predicted molar refractivity (Wildman–Crippen MR) is 109 cm³/mol. The Bertz CT molecular complexity index is 1170. The molecular weight excluding hydrogens is 475 g/mol. The second-order valence-corrected chi connectivity index (χ2v) is 7.46. The van der Waals surface area contributed by atoms with Crippen molar-refractivity contribution in [2.45, 2.75) is 32.6 Å². The molecule has 3 heterocycles. The Balaban J connectivity index is 0.000000479. The zero-order valence-corrected chi connectivity index (χ0v) is 17.9. The number of carboxylic acid groups (broad SMARTS) is 1. The lowest BCUT2D eigenvalue weighted by atomic mass is 10.2. The summed E-state index contributed by atoms with van der Waals surface area (Å²) in [6.45, 7) is 2.76. The summed E-state index contributed by atoms with van der Waals surface area (Å²) in [6, 6.07) is 1.96. The number of carboxylic acids is 1. The number of hydrogen-bond donors (Lipinski definition) is 3. The number of hydrogen-bond acceptors (Lipinski definition) is 6. The van der Waals surface area contributed by atoms with Gasteiger partial charge in [0.2, 0.25) is 0 Å². The lowest BCUT2D eigenvalue weighted by Gasteiger charge is -2.05. The first-order valence-corrected chi connectivity index (χ1v) is 10.1. The van der Waals surface area contributed by atoms with Gasteiger partial charge in [-0.2, -0.15) is 32.1 Å². The molecule has 3 aromatic heterocycles. The number of nitrogens with one attached hydrogen (secondary N) is 1. The minimum Gasteiger partial charge on any atom is -0.475 e. The van der Waals surface area contributed by atoms with Gasteiger partial charge in [0.15, 0.2) is 0 Å². The number of halogens is 5. The van der Waals surface area contributed by atoms with Crippen LogP contribution in [0, 0.1) is 0 Å². The van der Waals surface area contributed by atoms with Crippen molar-refractivity contribution in [1.82, 2.24) is 24.5 Å². The summed E-state index contributed by atoms with van der Waals surface area (Å²) >= 11 is 1.48. The summed E-state index contributed by atoms with van der Waals surface area (Å²) in [6.07, 6.45) is -3.35. The minimum absolute atomic E-state index is 0.168. The van der Waals surface area contributed by atoms with E-state index in [4.69, 9.17) is 15.6 Å². The smallest absolute Gasteiger partial charge is 0.475 e. The van der Waals surface area contributed by atoms with E-state index in [1.54, 1.807) is 6.20 Å². The summed E-state index contributed by atoms with van der Waals surface area (Å²) in [7, 11) is 0. The van der Waals surface area contributed by atoms with Crippen LogP contribution in [0.1, 0.15) is 17.6 Å². The van der Waals surface area contributed by atoms with Crippen LogP contribution in [0.15, 0.2) is 40.3 Å². The fourth-order valence-electron chi connectivity index (χ4n) is 2.51. The molecule has 0 atom stereocenters. The summed E-state index contributed by atoms with van der Waals surface area (Å²) in [5.74, 6) is -2.52. The maximum absolute atomic E-state index is 12.8. The number of rotatable bonds is 7. The molecular formula is C18H19F5N6O3S. The molecule has 180 valence electrons. The summed E-state index contributed by atoms with van der Waals surface area (Å²) in [5, 5.41) is 19.5. The average Bonchev–Trinajstić information content (AvgIpc) is 3.47. The van der Waals surface area contributed by atoms with Crippen LogP contribution in [0.4, 0.5) is 22.0 Å². The van der Waals surface area contributed by atoms with Crippen LogP contribution in [-0.2, 0) is 24.3 Å². The van der Waals surface area contributed by atoms with E-state index in [1.165, 1.54) is 15.9 Å². The van der Waals surface area contributed by atoms with Crippen molar-refractivity contribution < 1.29 is 31.9 Å². The number of nitrogens with zero attached hydrogens (tertiary/aromatic N) is 4. The van der Waals surface area contributed by atoms with Crippen molar-refractivity contribution in [3.8, 4) is 11.1 Å². The summed E-state index contributed by atoms with van der Waals surface area (Å²) < 4.78 is 60.6. The zero-order chi connectivity index (χ0) is 24.8.